The Kier molecular flexibility index (Phi) is 0.0952. The van der Waals surface area contributed by atoms with Crippen molar-refractivity contribution in [3.05, 3.63) is 0 Å². The van der Waals surface area contributed by atoms with Crippen LogP contribution in [0.4, 0.5) is 0 Å². The van der Waals surface area contributed by atoms with E-state index in [1.807, 2.05) is 0 Å². The Morgan fingerprint density at radius 3 is 1.75 bits per heavy atom. The van der Waals surface area contributed by atoms with Gasteiger partial charge in [0.05, 0.1) is 0 Å². The molecule has 1 rings (SSSR count). The zero-order chi connectivity index (χ0) is 2.99. The minimum Gasteiger partial charge on any atom is -0.248 e. The van der Waals surface area contributed by atoms with Crippen LogP contribution in [0.3, 0.4) is 0 Å². The highest BCUT2D eigenvalue weighted by atomic mass is 16.6. The summed E-state index contributed by atoms with van der Waals surface area (Å²) in [4.78, 5) is 0. The summed E-state index contributed by atoms with van der Waals surface area (Å²) in [5.41, 5.74) is 0. The molecular formula is HN3O. The van der Waals surface area contributed by atoms with Crippen molar-refractivity contribution in [2.45, 2.75) is 0 Å². The SMILES string of the molecule is ON1N=N1. The molecule has 1 N–H and O–H groups in total. The van der Waals surface area contributed by atoms with E-state index in [2.05, 4.69) is 10.4 Å². The van der Waals surface area contributed by atoms with Gasteiger partial charge in [0, 0.05) is 10.4 Å². The normalized spacial score (nSPS) is 17.8. The molecule has 0 unspecified atom stereocenters. The molecule has 0 aromatic rings. The van der Waals surface area contributed by atoms with Crippen molar-refractivity contribution in [2.24, 2.45) is 10.4 Å². The Bertz CT molecular complexity index is 41.2. The number of nitrogens with zero attached hydrogens (tertiary/aromatic N) is 3. The predicted octanol–water partition coefficient (Wildman–Crippen LogP) is -0.0266. The fourth-order valence-corrected chi connectivity index (χ4v) is 0.0179. The number of hydrogen-bond donors (Lipinski definition) is 1. The first-order valence-electron chi connectivity index (χ1n) is 0.800. The Labute approximate surface area is 22.3 Å². The maximum absolute atomic E-state index is 7.67. The van der Waals surface area contributed by atoms with Crippen LogP contribution >= 0.6 is 0 Å². The summed E-state index contributed by atoms with van der Waals surface area (Å²) < 4.78 is 0. The van der Waals surface area contributed by atoms with Crippen LogP contribution in [0.15, 0.2) is 10.4 Å². The van der Waals surface area contributed by atoms with Crippen molar-refractivity contribution >= 4 is 0 Å². The topological polar surface area (TPSA) is 48.0 Å². The van der Waals surface area contributed by atoms with Crippen LogP contribution in [-0.2, 0) is 0 Å². The van der Waals surface area contributed by atoms with Gasteiger partial charge in [-0.05, 0) is 5.28 Å². The molecular weight excluding hydrogens is 58.0 g/mol. The summed E-state index contributed by atoms with van der Waals surface area (Å²) >= 11 is 0. The average Bonchev–Trinajstić information content (AvgIpc) is 1.75. The molecule has 0 saturated carbocycles. The molecule has 0 saturated heterocycles. The van der Waals surface area contributed by atoms with Crippen LogP contribution in [-0.4, -0.2) is 10.5 Å². The van der Waals surface area contributed by atoms with Crippen LogP contribution in [0.1, 0.15) is 0 Å². The highest BCUT2D eigenvalue weighted by Gasteiger charge is 2.00. The first-order valence-corrected chi connectivity index (χ1v) is 0.800. The average molecular weight is 59.0 g/mol. The van der Waals surface area contributed by atoms with Gasteiger partial charge in [-0.3, -0.25) is 0 Å². The van der Waals surface area contributed by atoms with E-state index in [9.17, 15) is 0 Å². The van der Waals surface area contributed by atoms with Gasteiger partial charge < -0.3 is 0 Å². The third-order valence-electron chi connectivity index (χ3n) is 0.169. The van der Waals surface area contributed by atoms with E-state index >= 15 is 0 Å². The van der Waals surface area contributed by atoms with Gasteiger partial charge in [-0.15, -0.1) is 0 Å². The summed E-state index contributed by atoms with van der Waals surface area (Å²) in [5, 5.41) is 14.0. The smallest absolute Gasteiger partial charge is 0.00284 e. The highest BCUT2D eigenvalue weighted by Crippen LogP contribution is 1.97. The molecule has 4 nitrogen and oxygen atoms in total. The van der Waals surface area contributed by atoms with E-state index < -0.39 is 0 Å². The number of hydrogen-bond acceptors (Lipinski definition) is 4. The van der Waals surface area contributed by atoms with E-state index in [1.165, 1.54) is 0 Å². The second kappa shape index (κ2) is 0.230. The quantitative estimate of drug-likeness (QED) is 0.426. The van der Waals surface area contributed by atoms with Crippen LogP contribution in [0.2, 0.25) is 0 Å². The minimum absolute atomic E-state index is 0.500. The van der Waals surface area contributed by atoms with Crippen molar-refractivity contribution in [1.29, 1.82) is 0 Å². The zero-order valence-electron chi connectivity index (χ0n) is 1.79. The predicted molar refractivity (Wildman–Crippen MR) is 8.48 cm³/mol. The lowest BCUT2D eigenvalue weighted by Gasteiger charge is -1.61. The molecule has 4 heteroatoms. The summed E-state index contributed by atoms with van der Waals surface area (Å²) in [5.74, 6) is 0. The largest absolute Gasteiger partial charge is 0.248 e. The lowest BCUT2D eigenvalue weighted by atomic mass is 12.7. The molecule has 4 heavy (non-hydrogen) atoms. The van der Waals surface area contributed by atoms with Gasteiger partial charge in [0.1, 0.15) is 0 Å². The van der Waals surface area contributed by atoms with Crippen molar-refractivity contribution in [1.82, 2.24) is 5.28 Å². The zero-order valence-corrected chi connectivity index (χ0v) is 1.79. The van der Waals surface area contributed by atoms with Gasteiger partial charge in [0.2, 0.25) is 0 Å². The molecule has 0 spiro atoms. The van der Waals surface area contributed by atoms with Gasteiger partial charge in [0.15, 0.2) is 0 Å². The molecule has 1 aliphatic heterocycles. The monoisotopic (exact) mass is 59.0 g/mol. The molecule has 0 amide bonds. The van der Waals surface area contributed by atoms with E-state index in [4.69, 9.17) is 5.21 Å². The van der Waals surface area contributed by atoms with Gasteiger partial charge >= 0.3 is 0 Å². The van der Waals surface area contributed by atoms with Gasteiger partial charge in [-0.2, -0.15) is 0 Å². The first kappa shape index (κ1) is 1.66. The van der Waals surface area contributed by atoms with Crippen molar-refractivity contribution in [2.75, 3.05) is 0 Å². The second-order valence-electron chi connectivity index (χ2n) is 0.447. The van der Waals surface area contributed by atoms with Crippen LogP contribution in [0, 0.1) is 0 Å². The molecule has 0 fully saturated rings. The van der Waals surface area contributed by atoms with Crippen molar-refractivity contribution in [3.63, 3.8) is 0 Å². The molecule has 0 aromatic heterocycles. The van der Waals surface area contributed by atoms with E-state index in [0.717, 1.165) is 0 Å². The van der Waals surface area contributed by atoms with Crippen molar-refractivity contribution < 1.29 is 5.21 Å². The molecule has 0 radical (unpaired) electrons. The lowest BCUT2D eigenvalue weighted by molar-refractivity contribution is -0.00423. The standard InChI is InChI=1S/HN3O/c4-3-1-2-3/h4H. The summed E-state index contributed by atoms with van der Waals surface area (Å²) in [6, 6.07) is 0. The minimum atomic E-state index is 0.500. The number of rotatable bonds is 0. The van der Waals surface area contributed by atoms with Crippen molar-refractivity contribution in [3.8, 4) is 0 Å². The van der Waals surface area contributed by atoms with E-state index in [0.29, 0.717) is 5.28 Å². The first-order chi connectivity index (χ1) is 1.89. The molecule has 22 valence electrons. The highest BCUT2D eigenvalue weighted by molar-refractivity contribution is 4.14. The van der Waals surface area contributed by atoms with E-state index in [-0.39, 0.29) is 0 Å². The third-order valence-corrected chi connectivity index (χ3v) is 0.169. The fraction of sp³-hybridized carbons (Fsp3) is 0. The molecule has 1 heterocycles. The molecule has 0 bridgehead atoms. The van der Waals surface area contributed by atoms with Crippen LogP contribution in [0.25, 0.3) is 0 Å². The van der Waals surface area contributed by atoms with Gasteiger partial charge in [-0.1, -0.05) is 0 Å². The molecule has 0 aromatic carbocycles. The van der Waals surface area contributed by atoms with E-state index in [1.54, 1.807) is 0 Å². The van der Waals surface area contributed by atoms with Gasteiger partial charge in [0.25, 0.3) is 0 Å². The Balaban J connectivity index is 2.32. The summed E-state index contributed by atoms with van der Waals surface area (Å²) in [7, 11) is 0. The maximum Gasteiger partial charge on any atom is 0.00284 e. The molecule has 0 atom stereocenters. The summed E-state index contributed by atoms with van der Waals surface area (Å²) in [6.07, 6.45) is 0. The molecule has 1 aliphatic rings. The van der Waals surface area contributed by atoms with Crippen LogP contribution in [0.5, 0.6) is 0 Å². The Hall–Kier alpha value is -0.640. The van der Waals surface area contributed by atoms with Gasteiger partial charge in [-0.25, -0.2) is 5.21 Å². The second-order valence-corrected chi connectivity index (χ2v) is 0.447. The Morgan fingerprint density at radius 2 is 1.75 bits per heavy atom. The summed E-state index contributed by atoms with van der Waals surface area (Å²) in [6.45, 7) is 0. The third kappa shape index (κ3) is 0.0316. The fourth-order valence-electron chi connectivity index (χ4n) is 0.0179. The molecule has 0 aliphatic carbocycles. The maximum atomic E-state index is 7.67. The van der Waals surface area contributed by atoms with Crippen LogP contribution < -0.4 is 0 Å². The lowest BCUT2D eigenvalue weighted by Crippen LogP contribution is -1.76. The Morgan fingerprint density at radius 1 is 1.50 bits per heavy atom.